The molecule has 3 aromatic rings. The summed E-state index contributed by atoms with van der Waals surface area (Å²) in [7, 11) is 1.55. The number of hydrogen-bond donors (Lipinski definition) is 2. The predicted octanol–water partition coefficient (Wildman–Crippen LogP) is 4.40. The fourth-order valence-electron chi connectivity index (χ4n) is 2.85. The van der Waals surface area contributed by atoms with E-state index in [2.05, 4.69) is 54.7 Å². The largest absolute Gasteiger partial charge is 0.504 e. The third-order valence-electron chi connectivity index (χ3n) is 4.15. The molecule has 0 heterocycles. The minimum Gasteiger partial charge on any atom is -0.504 e. The van der Waals surface area contributed by atoms with E-state index in [0.29, 0.717) is 12.3 Å². The van der Waals surface area contributed by atoms with E-state index in [4.69, 9.17) is 4.74 Å². The summed E-state index contributed by atoms with van der Waals surface area (Å²) in [4.78, 5) is 0. The highest BCUT2D eigenvalue weighted by atomic mass is 16.5. The van der Waals surface area contributed by atoms with E-state index < -0.39 is 0 Å². The van der Waals surface area contributed by atoms with Crippen LogP contribution in [0.2, 0.25) is 0 Å². The first-order valence-electron chi connectivity index (χ1n) is 7.76. The maximum absolute atomic E-state index is 9.86. The third-order valence-corrected chi connectivity index (χ3v) is 4.15. The molecule has 0 aliphatic rings. The molecule has 118 valence electrons. The van der Waals surface area contributed by atoms with E-state index >= 15 is 0 Å². The molecule has 3 nitrogen and oxygen atoms in total. The van der Waals surface area contributed by atoms with Crippen molar-refractivity contribution in [3.63, 3.8) is 0 Å². The molecule has 0 radical (unpaired) electrons. The molecule has 23 heavy (non-hydrogen) atoms. The number of phenols is 1. The summed E-state index contributed by atoms with van der Waals surface area (Å²) in [6, 6.07) is 20.5. The van der Waals surface area contributed by atoms with E-state index in [0.717, 1.165) is 5.56 Å². The maximum atomic E-state index is 9.86. The molecule has 1 unspecified atom stereocenters. The van der Waals surface area contributed by atoms with Crippen molar-refractivity contribution >= 4 is 10.8 Å². The molecule has 3 aromatic carbocycles. The van der Waals surface area contributed by atoms with Gasteiger partial charge in [-0.2, -0.15) is 0 Å². The lowest BCUT2D eigenvalue weighted by Gasteiger charge is -2.17. The van der Waals surface area contributed by atoms with Gasteiger partial charge in [0.2, 0.25) is 0 Å². The number of benzene rings is 3. The highest BCUT2D eigenvalue weighted by molar-refractivity contribution is 5.86. The van der Waals surface area contributed by atoms with Gasteiger partial charge in [-0.05, 0) is 41.0 Å². The quantitative estimate of drug-likeness (QED) is 0.734. The Kier molecular flexibility index (Phi) is 4.49. The SMILES string of the molecule is COc1ccc(CNC(C)c2cccc3ccccc23)cc1O. The number of methoxy groups -OCH3 is 1. The second kappa shape index (κ2) is 6.71. The Morgan fingerprint density at radius 3 is 2.61 bits per heavy atom. The van der Waals surface area contributed by atoms with Gasteiger partial charge in [0.15, 0.2) is 11.5 Å². The fraction of sp³-hybridized carbons (Fsp3) is 0.200. The summed E-state index contributed by atoms with van der Waals surface area (Å²) in [6.45, 7) is 2.84. The molecular weight excluding hydrogens is 286 g/mol. The van der Waals surface area contributed by atoms with E-state index in [1.807, 2.05) is 6.07 Å². The van der Waals surface area contributed by atoms with Gasteiger partial charge in [-0.25, -0.2) is 0 Å². The summed E-state index contributed by atoms with van der Waals surface area (Å²) >= 11 is 0. The molecule has 0 aromatic heterocycles. The molecule has 0 amide bonds. The van der Waals surface area contributed by atoms with Gasteiger partial charge < -0.3 is 15.2 Å². The molecule has 0 aliphatic carbocycles. The Morgan fingerprint density at radius 1 is 1.04 bits per heavy atom. The van der Waals surface area contributed by atoms with Crippen molar-refractivity contribution in [3.05, 3.63) is 71.8 Å². The Morgan fingerprint density at radius 2 is 1.83 bits per heavy atom. The van der Waals surface area contributed by atoms with Crippen LogP contribution in [0.5, 0.6) is 11.5 Å². The first-order chi connectivity index (χ1) is 11.2. The van der Waals surface area contributed by atoms with Crippen molar-refractivity contribution in [2.24, 2.45) is 0 Å². The minimum atomic E-state index is 0.171. The van der Waals surface area contributed by atoms with Gasteiger partial charge in [0.25, 0.3) is 0 Å². The summed E-state index contributed by atoms with van der Waals surface area (Å²) < 4.78 is 5.07. The number of rotatable bonds is 5. The van der Waals surface area contributed by atoms with Crippen LogP contribution in [0.25, 0.3) is 10.8 Å². The first-order valence-corrected chi connectivity index (χ1v) is 7.76. The summed E-state index contributed by atoms with van der Waals surface area (Å²) in [6.07, 6.45) is 0. The second-order valence-corrected chi connectivity index (χ2v) is 5.68. The van der Waals surface area contributed by atoms with Crippen LogP contribution in [0.1, 0.15) is 24.1 Å². The Balaban J connectivity index is 1.76. The zero-order valence-electron chi connectivity index (χ0n) is 13.4. The Bertz CT molecular complexity index is 808. The third kappa shape index (κ3) is 3.30. The molecule has 1 atom stereocenters. The summed E-state index contributed by atoms with van der Waals surface area (Å²) in [5.74, 6) is 0.667. The molecule has 0 spiro atoms. The van der Waals surface area contributed by atoms with Gasteiger partial charge in [-0.15, -0.1) is 0 Å². The topological polar surface area (TPSA) is 41.5 Å². The molecular formula is C20H21NO2. The molecule has 3 rings (SSSR count). The van der Waals surface area contributed by atoms with Crippen molar-refractivity contribution < 1.29 is 9.84 Å². The van der Waals surface area contributed by atoms with Crippen LogP contribution >= 0.6 is 0 Å². The monoisotopic (exact) mass is 307 g/mol. The lowest BCUT2D eigenvalue weighted by atomic mass is 9.99. The fourth-order valence-corrected chi connectivity index (χ4v) is 2.85. The predicted molar refractivity (Wildman–Crippen MR) is 93.9 cm³/mol. The van der Waals surface area contributed by atoms with Gasteiger partial charge in [0.05, 0.1) is 7.11 Å². The van der Waals surface area contributed by atoms with Gasteiger partial charge >= 0.3 is 0 Å². The first kappa shape index (κ1) is 15.4. The Hall–Kier alpha value is -2.52. The van der Waals surface area contributed by atoms with Crippen LogP contribution in [0.4, 0.5) is 0 Å². The standard InChI is InChI=1S/C20H21NO2/c1-14(17-9-5-7-16-6-3-4-8-18(16)17)21-13-15-10-11-20(23-2)19(22)12-15/h3-12,14,21-22H,13H2,1-2H3. The average Bonchev–Trinajstić information content (AvgIpc) is 2.59. The van der Waals surface area contributed by atoms with Crippen LogP contribution in [-0.2, 0) is 6.54 Å². The number of fused-ring (bicyclic) bond motifs is 1. The molecule has 0 aliphatic heterocycles. The zero-order chi connectivity index (χ0) is 16.2. The number of phenolic OH excluding ortho intramolecular Hbond substituents is 1. The van der Waals surface area contributed by atoms with Gasteiger partial charge in [0, 0.05) is 12.6 Å². The molecule has 0 fully saturated rings. The Labute approximate surface area is 136 Å². The number of hydrogen-bond acceptors (Lipinski definition) is 3. The molecule has 0 saturated heterocycles. The van der Waals surface area contributed by atoms with Crippen LogP contribution < -0.4 is 10.1 Å². The minimum absolute atomic E-state index is 0.171. The van der Waals surface area contributed by atoms with E-state index in [1.165, 1.54) is 16.3 Å². The van der Waals surface area contributed by atoms with E-state index in [1.54, 1.807) is 19.2 Å². The maximum Gasteiger partial charge on any atom is 0.160 e. The van der Waals surface area contributed by atoms with Crippen molar-refractivity contribution in [1.82, 2.24) is 5.32 Å². The van der Waals surface area contributed by atoms with Crippen molar-refractivity contribution in [1.29, 1.82) is 0 Å². The van der Waals surface area contributed by atoms with Crippen LogP contribution in [0.3, 0.4) is 0 Å². The lowest BCUT2D eigenvalue weighted by Crippen LogP contribution is -2.18. The zero-order valence-corrected chi connectivity index (χ0v) is 13.4. The number of ether oxygens (including phenoxy) is 1. The van der Waals surface area contributed by atoms with E-state index in [9.17, 15) is 5.11 Å². The number of nitrogens with one attached hydrogen (secondary N) is 1. The lowest BCUT2D eigenvalue weighted by molar-refractivity contribution is 0.373. The van der Waals surface area contributed by atoms with E-state index in [-0.39, 0.29) is 11.8 Å². The molecule has 0 bridgehead atoms. The average molecular weight is 307 g/mol. The van der Waals surface area contributed by atoms with Crippen LogP contribution in [0, 0.1) is 0 Å². The molecule has 0 saturated carbocycles. The van der Waals surface area contributed by atoms with Gasteiger partial charge in [-0.1, -0.05) is 48.5 Å². The summed E-state index contributed by atoms with van der Waals surface area (Å²) in [5.41, 5.74) is 2.30. The molecule has 2 N–H and O–H groups in total. The highest BCUT2D eigenvalue weighted by Gasteiger charge is 2.09. The van der Waals surface area contributed by atoms with Crippen molar-refractivity contribution in [3.8, 4) is 11.5 Å². The summed E-state index contributed by atoms with van der Waals surface area (Å²) in [5, 5.41) is 15.9. The number of aromatic hydroxyl groups is 1. The normalized spacial score (nSPS) is 12.3. The van der Waals surface area contributed by atoms with Gasteiger partial charge in [0.1, 0.15) is 0 Å². The van der Waals surface area contributed by atoms with Crippen molar-refractivity contribution in [2.75, 3.05) is 7.11 Å². The highest BCUT2D eigenvalue weighted by Crippen LogP contribution is 2.27. The van der Waals surface area contributed by atoms with Crippen molar-refractivity contribution in [2.45, 2.75) is 19.5 Å². The van der Waals surface area contributed by atoms with Gasteiger partial charge in [-0.3, -0.25) is 0 Å². The van der Waals surface area contributed by atoms with Crippen LogP contribution in [-0.4, -0.2) is 12.2 Å². The smallest absolute Gasteiger partial charge is 0.160 e. The van der Waals surface area contributed by atoms with Crippen LogP contribution in [0.15, 0.2) is 60.7 Å². The molecule has 3 heteroatoms. The second-order valence-electron chi connectivity index (χ2n) is 5.68.